The molecule has 0 saturated heterocycles. The first kappa shape index (κ1) is 12.0. The molecule has 0 bridgehead atoms. The third-order valence-corrected chi connectivity index (χ3v) is 3.75. The number of hydrogen-bond acceptors (Lipinski definition) is 1. The average molecular weight is 269 g/mol. The maximum atomic E-state index is 3.50. The van der Waals surface area contributed by atoms with Crippen molar-refractivity contribution in [3.8, 4) is 22.3 Å². The lowest BCUT2D eigenvalue weighted by Gasteiger charge is -1.98. The highest BCUT2D eigenvalue weighted by molar-refractivity contribution is 5.81. The van der Waals surface area contributed by atoms with Crippen LogP contribution in [0.15, 0.2) is 84.9 Å². The number of anilines is 2. The Bertz CT molecular complexity index is 702. The van der Waals surface area contributed by atoms with E-state index in [1.165, 1.54) is 22.3 Å². The Labute approximate surface area is 124 Å². The van der Waals surface area contributed by atoms with Gasteiger partial charge in [-0.05, 0) is 46.5 Å². The minimum absolute atomic E-state index is 1.14. The van der Waals surface area contributed by atoms with Crippen molar-refractivity contribution in [2.75, 3.05) is 5.32 Å². The molecule has 4 rings (SSSR count). The molecule has 1 nitrogen and oxygen atoms in total. The molecule has 4 aliphatic rings. The first-order chi connectivity index (χ1) is 10.4. The SMILES string of the molecule is c1ccc2cc(Nc3cc4cccccc-4c3)cc-2cc1. The fourth-order valence-corrected chi connectivity index (χ4v) is 2.74. The maximum Gasteiger partial charge on any atom is 0.0396 e. The first-order valence-electron chi connectivity index (χ1n) is 7.13. The molecule has 0 spiro atoms. The lowest BCUT2D eigenvalue weighted by Crippen LogP contribution is -1.83. The number of hydrogen-bond donors (Lipinski definition) is 1. The van der Waals surface area contributed by atoms with E-state index >= 15 is 0 Å². The Kier molecular flexibility index (Phi) is 2.82. The van der Waals surface area contributed by atoms with Crippen molar-refractivity contribution >= 4 is 11.4 Å². The largest absolute Gasteiger partial charge is 0.355 e. The van der Waals surface area contributed by atoms with Gasteiger partial charge in [0, 0.05) is 11.4 Å². The normalized spacial score (nSPS) is 10.9. The van der Waals surface area contributed by atoms with Crippen LogP contribution in [0.25, 0.3) is 22.3 Å². The van der Waals surface area contributed by atoms with Gasteiger partial charge in [-0.25, -0.2) is 0 Å². The van der Waals surface area contributed by atoms with Crippen LogP contribution >= 0.6 is 0 Å². The molecule has 0 aromatic carbocycles. The second-order valence-corrected chi connectivity index (χ2v) is 5.26. The third-order valence-electron chi connectivity index (χ3n) is 3.75. The smallest absolute Gasteiger partial charge is 0.0396 e. The van der Waals surface area contributed by atoms with E-state index in [1.54, 1.807) is 0 Å². The van der Waals surface area contributed by atoms with Crippen molar-refractivity contribution in [3.05, 3.63) is 84.9 Å². The zero-order valence-corrected chi connectivity index (χ0v) is 11.6. The molecule has 1 N–H and O–H groups in total. The van der Waals surface area contributed by atoms with E-state index < -0.39 is 0 Å². The van der Waals surface area contributed by atoms with Crippen molar-refractivity contribution < 1.29 is 0 Å². The summed E-state index contributed by atoms with van der Waals surface area (Å²) in [5, 5.41) is 3.50. The Morgan fingerprint density at radius 3 is 1.10 bits per heavy atom. The summed E-state index contributed by atoms with van der Waals surface area (Å²) in [6.07, 6.45) is 0. The average Bonchev–Trinajstić information content (AvgIpc) is 2.87. The van der Waals surface area contributed by atoms with Crippen LogP contribution in [0.4, 0.5) is 11.4 Å². The Balaban J connectivity index is 1.71. The molecule has 0 fully saturated rings. The van der Waals surface area contributed by atoms with Crippen LogP contribution in [0.3, 0.4) is 0 Å². The molecular formula is C20H15N. The van der Waals surface area contributed by atoms with Gasteiger partial charge < -0.3 is 5.32 Å². The van der Waals surface area contributed by atoms with Gasteiger partial charge in [0.2, 0.25) is 0 Å². The maximum absolute atomic E-state index is 3.50. The van der Waals surface area contributed by atoms with Gasteiger partial charge in [-0.3, -0.25) is 0 Å². The van der Waals surface area contributed by atoms with Gasteiger partial charge in [-0.15, -0.1) is 0 Å². The molecule has 1 heteroatoms. The van der Waals surface area contributed by atoms with Gasteiger partial charge in [0.05, 0.1) is 0 Å². The molecule has 0 aliphatic heterocycles. The molecule has 0 amide bonds. The lowest BCUT2D eigenvalue weighted by atomic mass is 10.2. The van der Waals surface area contributed by atoms with Crippen molar-refractivity contribution in [2.24, 2.45) is 0 Å². The summed E-state index contributed by atoms with van der Waals surface area (Å²) in [6.45, 7) is 0. The highest BCUT2D eigenvalue weighted by Crippen LogP contribution is 2.33. The number of fused-ring (bicyclic) bond motifs is 2. The quantitative estimate of drug-likeness (QED) is 0.496. The lowest BCUT2D eigenvalue weighted by molar-refractivity contribution is 1.65. The number of rotatable bonds is 2. The Hall–Kier alpha value is -2.80. The van der Waals surface area contributed by atoms with Gasteiger partial charge in [0.1, 0.15) is 0 Å². The van der Waals surface area contributed by atoms with Crippen LogP contribution in [0, 0.1) is 0 Å². The van der Waals surface area contributed by atoms with Crippen molar-refractivity contribution in [3.63, 3.8) is 0 Å². The second kappa shape index (κ2) is 4.95. The molecule has 0 saturated carbocycles. The predicted molar refractivity (Wildman–Crippen MR) is 89.4 cm³/mol. The Morgan fingerprint density at radius 2 is 0.762 bits per heavy atom. The van der Waals surface area contributed by atoms with Crippen LogP contribution in [-0.4, -0.2) is 0 Å². The highest BCUT2D eigenvalue weighted by atomic mass is 14.9. The molecule has 0 radical (unpaired) electrons. The Morgan fingerprint density at radius 1 is 0.429 bits per heavy atom. The summed E-state index contributed by atoms with van der Waals surface area (Å²) >= 11 is 0. The summed E-state index contributed by atoms with van der Waals surface area (Å²) in [7, 11) is 0. The van der Waals surface area contributed by atoms with Crippen LogP contribution in [0.5, 0.6) is 0 Å². The first-order valence-corrected chi connectivity index (χ1v) is 7.13. The van der Waals surface area contributed by atoms with E-state index in [1.807, 2.05) is 0 Å². The molecule has 0 atom stereocenters. The topological polar surface area (TPSA) is 12.0 Å². The molecular weight excluding hydrogens is 254 g/mol. The highest BCUT2D eigenvalue weighted by Gasteiger charge is 2.08. The summed E-state index contributed by atoms with van der Waals surface area (Å²) in [5.74, 6) is 0. The summed E-state index contributed by atoms with van der Waals surface area (Å²) in [6, 6.07) is 29.7. The predicted octanol–water partition coefficient (Wildman–Crippen LogP) is 5.64. The third kappa shape index (κ3) is 2.34. The van der Waals surface area contributed by atoms with Crippen molar-refractivity contribution in [1.29, 1.82) is 0 Å². The van der Waals surface area contributed by atoms with Crippen LogP contribution in [0.2, 0.25) is 0 Å². The summed E-state index contributed by atoms with van der Waals surface area (Å²) in [4.78, 5) is 0. The van der Waals surface area contributed by atoms with E-state index in [0.717, 1.165) is 11.4 Å². The summed E-state index contributed by atoms with van der Waals surface area (Å²) < 4.78 is 0. The van der Waals surface area contributed by atoms with Gasteiger partial charge in [0.15, 0.2) is 0 Å². The second-order valence-electron chi connectivity index (χ2n) is 5.26. The summed E-state index contributed by atoms with van der Waals surface area (Å²) in [5.41, 5.74) is 7.29. The molecule has 0 aromatic heterocycles. The van der Waals surface area contributed by atoms with Crippen molar-refractivity contribution in [2.45, 2.75) is 0 Å². The molecule has 0 heterocycles. The number of nitrogens with one attached hydrogen (secondary N) is 1. The standard InChI is InChI=1S/C20H15N/c1-3-7-15-11-19(12-16(15)8-4-1)21-20-13-17-9-5-2-6-10-18(17)14-20/h1-14,21H. The molecule has 100 valence electrons. The van der Waals surface area contributed by atoms with E-state index in [2.05, 4.69) is 90.2 Å². The monoisotopic (exact) mass is 269 g/mol. The fraction of sp³-hybridized carbons (Fsp3) is 0. The van der Waals surface area contributed by atoms with Gasteiger partial charge >= 0.3 is 0 Å². The van der Waals surface area contributed by atoms with E-state index in [9.17, 15) is 0 Å². The van der Waals surface area contributed by atoms with Crippen LogP contribution in [0.1, 0.15) is 0 Å². The van der Waals surface area contributed by atoms with E-state index in [-0.39, 0.29) is 0 Å². The van der Waals surface area contributed by atoms with Gasteiger partial charge in [-0.2, -0.15) is 0 Å². The van der Waals surface area contributed by atoms with Gasteiger partial charge in [0.25, 0.3) is 0 Å². The van der Waals surface area contributed by atoms with E-state index in [4.69, 9.17) is 0 Å². The minimum Gasteiger partial charge on any atom is -0.355 e. The van der Waals surface area contributed by atoms with Crippen LogP contribution in [-0.2, 0) is 0 Å². The molecule has 21 heavy (non-hydrogen) atoms. The molecule has 0 unspecified atom stereocenters. The fourth-order valence-electron chi connectivity index (χ4n) is 2.74. The minimum atomic E-state index is 1.14. The zero-order chi connectivity index (χ0) is 14.1. The molecule has 4 aliphatic carbocycles. The van der Waals surface area contributed by atoms with Crippen LogP contribution < -0.4 is 5.32 Å². The zero-order valence-electron chi connectivity index (χ0n) is 11.6. The van der Waals surface area contributed by atoms with Gasteiger partial charge in [-0.1, -0.05) is 60.7 Å². The molecule has 0 aromatic rings. The van der Waals surface area contributed by atoms with E-state index in [0.29, 0.717) is 0 Å². The van der Waals surface area contributed by atoms with Crippen molar-refractivity contribution in [1.82, 2.24) is 0 Å².